The summed E-state index contributed by atoms with van der Waals surface area (Å²) >= 11 is 5.86. The molecule has 1 N–H and O–H groups in total. The second-order valence-electron chi connectivity index (χ2n) is 6.16. The number of nitrogens with zero attached hydrogens (tertiary/aromatic N) is 2. The lowest BCUT2D eigenvalue weighted by Gasteiger charge is -2.17. The lowest BCUT2D eigenvalue weighted by atomic mass is 10.2. The molecule has 0 aliphatic carbocycles. The summed E-state index contributed by atoms with van der Waals surface area (Å²) in [7, 11) is 1.32. The monoisotopic (exact) mass is 395 g/mol. The third-order valence-corrected chi connectivity index (χ3v) is 5.78. The molecule has 6 nitrogen and oxygen atoms in total. The molecule has 2 aromatic rings. The van der Waals surface area contributed by atoms with E-state index in [4.69, 9.17) is 11.6 Å². The molecule has 26 heavy (non-hydrogen) atoms. The highest BCUT2D eigenvalue weighted by Crippen LogP contribution is 2.16. The molecule has 1 amide bonds. The van der Waals surface area contributed by atoms with Gasteiger partial charge in [-0.25, -0.2) is 12.7 Å². The Morgan fingerprint density at radius 3 is 2.12 bits per heavy atom. The number of hydrogen-bond donors (Lipinski definition) is 1. The van der Waals surface area contributed by atoms with Crippen LogP contribution in [0.15, 0.2) is 53.4 Å². The van der Waals surface area contributed by atoms with Crippen LogP contribution in [-0.4, -0.2) is 51.2 Å². The van der Waals surface area contributed by atoms with Crippen LogP contribution in [0.5, 0.6) is 0 Å². The van der Waals surface area contributed by atoms with Crippen LogP contribution in [0, 0.1) is 0 Å². The van der Waals surface area contributed by atoms with E-state index in [1.54, 1.807) is 12.1 Å². The van der Waals surface area contributed by atoms with Crippen molar-refractivity contribution in [1.82, 2.24) is 9.21 Å². The van der Waals surface area contributed by atoms with Gasteiger partial charge in [-0.2, -0.15) is 0 Å². The van der Waals surface area contributed by atoms with Crippen molar-refractivity contribution in [3.63, 3.8) is 0 Å². The van der Waals surface area contributed by atoms with Gasteiger partial charge in [0.05, 0.1) is 11.4 Å². The van der Waals surface area contributed by atoms with Crippen molar-refractivity contribution in [2.75, 3.05) is 33.0 Å². The molecule has 140 valence electrons. The van der Waals surface area contributed by atoms with Crippen LogP contribution < -0.4 is 5.32 Å². The van der Waals surface area contributed by atoms with Gasteiger partial charge in [0.1, 0.15) is 0 Å². The van der Waals surface area contributed by atoms with Crippen molar-refractivity contribution in [3.05, 3.63) is 59.1 Å². The maximum atomic E-state index is 12.2. The normalized spacial score (nSPS) is 11.8. The Balaban J connectivity index is 1.92. The summed E-state index contributed by atoms with van der Waals surface area (Å²) in [4.78, 5) is 14.2. The zero-order valence-corrected chi connectivity index (χ0v) is 16.5. The van der Waals surface area contributed by atoms with Crippen LogP contribution in [-0.2, 0) is 21.4 Å². The molecule has 0 atom stereocenters. The second-order valence-corrected chi connectivity index (χ2v) is 8.75. The molecule has 0 bridgehead atoms. The Bertz CT molecular complexity index is 850. The summed E-state index contributed by atoms with van der Waals surface area (Å²) in [5, 5.41) is 3.44. The first kappa shape index (κ1) is 20.4. The fourth-order valence-electron chi connectivity index (χ4n) is 2.32. The van der Waals surface area contributed by atoms with Crippen LogP contribution in [0.25, 0.3) is 0 Å². The molecule has 0 unspecified atom stereocenters. The summed E-state index contributed by atoms with van der Waals surface area (Å²) in [6.45, 7) is 0.824. The highest BCUT2D eigenvalue weighted by atomic mass is 35.5. The molecule has 0 radical (unpaired) electrons. The summed E-state index contributed by atoms with van der Waals surface area (Å²) in [5.41, 5.74) is 1.61. The molecular formula is C18H22ClN3O3S. The number of rotatable bonds is 7. The minimum Gasteiger partial charge on any atom is -0.325 e. The van der Waals surface area contributed by atoms with Gasteiger partial charge in [0.25, 0.3) is 0 Å². The van der Waals surface area contributed by atoms with E-state index in [0.29, 0.717) is 17.3 Å². The minimum absolute atomic E-state index is 0.176. The number of carbonyl (C=O) groups is 1. The van der Waals surface area contributed by atoms with E-state index in [-0.39, 0.29) is 17.3 Å². The second kappa shape index (κ2) is 8.64. The Hall–Kier alpha value is -1.93. The number of anilines is 1. The first-order valence-corrected chi connectivity index (χ1v) is 9.76. The van der Waals surface area contributed by atoms with E-state index in [0.717, 1.165) is 9.87 Å². The average Bonchev–Trinajstić information content (AvgIpc) is 2.57. The molecule has 0 fully saturated rings. The number of hydrogen-bond acceptors (Lipinski definition) is 4. The molecular weight excluding hydrogens is 374 g/mol. The van der Waals surface area contributed by atoms with E-state index in [2.05, 4.69) is 5.32 Å². The average molecular weight is 396 g/mol. The fourth-order valence-corrected chi connectivity index (χ4v) is 3.35. The van der Waals surface area contributed by atoms with Crippen LogP contribution in [0.3, 0.4) is 0 Å². The lowest BCUT2D eigenvalue weighted by Crippen LogP contribution is -2.29. The van der Waals surface area contributed by atoms with Crippen LogP contribution in [0.1, 0.15) is 5.56 Å². The van der Waals surface area contributed by atoms with Crippen molar-refractivity contribution < 1.29 is 13.2 Å². The van der Waals surface area contributed by atoms with Gasteiger partial charge in [-0.1, -0.05) is 23.7 Å². The SMILES string of the molecule is CN(CC(=O)Nc1ccc(S(=O)(=O)N(C)C)cc1)Cc1ccc(Cl)cc1. The van der Waals surface area contributed by atoms with Crippen LogP contribution >= 0.6 is 11.6 Å². The van der Waals surface area contributed by atoms with Gasteiger partial charge < -0.3 is 5.32 Å². The molecule has 0 aliphatic rings. The molecule has 2 rings (SSSR count). The van der Waals surface area contributed by atoms with Crippen molar-refractivity contribution in [1.29, 1.82) is 0 Å². The van der Waals surface area contributed by atoms with Gasteiger partial charge in [0.15, 0.2) is 0 Å². The maximum absolute atomic E-state index is 12.2. The predicted octanol–water partition coefficient (Wildman–Crippen LogP) is 2.66. The maximum Gasteiger partial charge on any atom is 0.242 e. The van der Waals surface area contributed by atoms with Crippen molar-refractivity contribution in [2.45, 2.75) is 11.4 Å². The summed E-state index contributed by atoms with van der Waals surface area (Å²) in [6.07, 6.45) is 0. The fraction of sp³-hybridized carbons (Fsp3) is 0.278. The number of amides is 1. The molecule has 2 aromatic carbocycles. The standard InChI is InChI=1S/C18H22ClN3O3S/c1-21(2)26(24,25)17-10-8-16(9-11-17)20-18(23)13-22(3)12-14-4-6-15(19)7-5-14/h4-11H,12-13H2,1-3H3,(H,20,23). The molecule has 0 aliphatic heterocycles. The van der Waals surface area contributed by atoms with Gasteiger partial charge in [0, 0.05) is 31.4 Å². The van der Waals surface area contributed by atoms with Gasteiger partial charge in [-0.05, 0) is 49.0 Å². The summed E-state index contributed by atoms with van der Waals surface area (Å²) in [6, 6.07) is 13.6. The topological polar surface area (TPSA) is 69.7 Å². The Labute approximate surface area is 159 Å². The minimum atomic E-state index is -3.48. The molecule has 0 heterocycles. The van der Waals surface area contributed by atoms with Gasteiger partial charge in [-0.15, -0.1) is 0 Å². The lowest BCUT2D eigenvalue weighted by molar-refractivity contribution is -0.117. The van der Waals surface area contributed by atoms with Gasteiger partial charge >= 0.3 is 0 Å². The highest BCUT2D eigenvalue weighted by Gasteiger charge is 2.16. The summed E-state index contributed by atoms with van der Waals surface area (Å²) in [5.74, 6) is -0.176. The van der Waals surface area contributed by atoms with E-state index in [9.17, 15) is 13.2 Å². The Kier molecular flexibility index (Phi) is 6.77. The predicted molar refractivity (Wildman–Crippen MR) is 104 cm³/mol. The van der Waals surface area contributed by atoms with Crippen LogP contribution in [0.4, 0.5) is 5.69 Å². The quantitative estimate of drug-likeness (QED) is 0.782. The molecule has 0 saturated heterocycles. The number of benzene rings is 2. The first-order valence-electron chi connectivity index (χ1n) is 7.94. The van der Waals surface area contributed by atoms with Gasteiger partial charge in [-0.3, -0.25) is 9.69 Å². The van der Waals surface area contributed by atoms with E-state index in [1.807, 2.05) is 36.2 Å². The number of likely N-dealkylation sites (N-methyl/N-ethyl adjacent to an activating group) is 1. The molecule has 0 aromatic heterocycles. The van der Waals surface area contributed by atoms with Crippen molar-refractivity contribution in [2.24, 2.45) is 0 Å². The number of sulfonamides is 1. The van der Waals surface area contributed by atoms with Crippen molar-refractivity contribution in [3.8, 4) is 0 Å². The number of carbonyl (C=O) groups excluding carboxylic acids is 1. The molecule has 0 spiro atoms. The highest BCUT2D eigenvalue weighted by molar-refractivity contribution is 7.89. The third-order valence-electron chi connectivity index (χ3n) is 3.70. The smallest absolute Gasteiger partial charge is 0.242 e. The largest absolute Gasteiger partial charge is 0.325 e. The third kappa shape index (κ3) is 5.54. The van der Waals surface area contributed by atoms with Gasteiger partial charge in [0.2, 0.25) is 15.9 Å². The van der Waals surface area contributed by atoms with E-state index in [1.165, 1.54) is 26.2 Å². The first-order chi connectivity index (χ1) is 12.2. The number of nitrogens with one attached hydrogen (secondary N) is 1. The van der Waals surface area contributed by atoms with E-state index >= 15 is 0 Å². The summed E-state index contributed by atoms with van der Waals surface area (Å²) < 4.78 is 25.2. The van der Waals surface area contributed by atoms with Crippen molar-refractivity contribution >= 4 is 33.2 Å². The van der Waals surface area contributed by atoms with Crippen LogP contribution in [0.2, 0.25) is 5.02 Å². The Morgan fingerprint density at radius 2 is 1.58 bits per heavy atom. The zero-order valence-electron chi connectivity index (χ0n) is 14.9. The van der Waals surface area contributed by atoms with E-state index < -0.39 is 10.0 Å². The molecule has 0 saturated carbocycles. The Morgan fingerprint density at radius 1 is 1.00 bits per heavy atom. The number of halogens is 1. The zero-order chi connectivity index (χ0) is 19.3. The molecule has 8 heteroatoms.